The van der Waals surface area contributed by atoms with Crippen LogP contribution in [0.1, 0.15) is 51.7 Å². The number of benzene rings is 1. The van der Waals surface area contributed by atoms with Gasteiger partial charge in [-0.3, -0.25) is 4.79 Å². The summed E-state index contributed by atoms with van der Waals surface area (Å²) in [4.78, 5) is 11.9. The fraction of sp³-hybridized carbons (Fsp3) is 0.588. The molecule has 0 fully saturated rings. The number of hydrogen-bond acceptors (Lipinski definition) is 2. The second kappa shape index (κ2) is 9.06. The fourth-order valence-corrected chi connectivity index (χ4v) is 2.17. The minimum absolute atomic E-state index is 0. The monoisotopic (exact) mass is 312 g/mol. The van der Waals surface area contributed by atoms with Gasteiger partial charge in [0.05, 0.1) is 6.04 Å². The van der Waals surface area contributed by atoms with Gasteiger partial charge in [-0.05, 0) is 24.0 Å². The Bertz CT molecular complexity index is 429. The van der Waals surface area contributed by atoms with Crippen LogP contribution in [0.25, 0.3) is 0 Å². The van der Waals surface area contributed by atoms with Gasteiger partial charge in [-0.25, -0.2) is 0 Å². The number of nitrogens with two attached hydrogens (primary N) is 1. The van der Waals surface area contributed by atoms with E-state index in [-0.39, 0.29) is 23.7 Å². The first-order valence-corrected chi connectivity index (χ1v) is 7.53. The lowest BCUT2D eigenvalue weighted by Crippen LogP contribution is -2.45. The summed E-state index contributed by atoms with van der Waals surface area (Å²) < 4.78 is 0. The number of nitrogens with one attached hydrogen (secondary N) is 1. The van der Waals surface area contributed by atoms with Gasteiger partial charge in [0, 0.05) is 12.0 Å². The Morgan fingerprint density at radius 3 is 2.29 bits per heavy atom. The minimum Gasteiger partial charge on any atom is -0.354 e. The summed E-state index contributed by atoms with van der Waals surface area (Å²) in [5, 5.41) is 2.97. The van der Waals surface area contributed by atoms with Gasteiger partial charge in [0.15, 0.2) is 0 Å². The molecule has 1 rings (SSSR count). The van der Waals surface area contributed by atoms with Gasteiger partial charge in [0.2, 0.25) is 5.91 Å². The molecule has 0 saturated heterocycles. The summed E-state index contributed by atoms with van der Waals surface area (Å²) >= 11 is 0. The molecule has 120 valence electrons. The van der Waals surface area contributed by atoms with Crippen LogP contribution in [-0.2, 0) is 16.6 Å². The van der Waals surface area contributed by atoms with Crippen molar-refractivity contribution in [1.29, 1.82) is 0 Å². The van der Waals surface area contributed by atoms with Crippen molar-refractivity contribution in [2.75, 3.05) is 6.54 Å². The highest BCUT2D eigenvalue weighted by Crippen LogP contribution is 2.22. The van der Waals surface area contributed by atoms with Crippen LogP contribution in [-0.4, -0.2) is 18.5 Å². The van der Waals surface area contributed by atoms with E-state index in [4.69, 9.17) is 5.73 Å². The largest absolute Gasteiger partial charge is 0.354 e. The van der Waals surface area contributed by atoms with Crippen molar-refractivity contribution in [2.24, 2.45) is 5.73 Å². The Labute approximate surface area is 135 Å². The fourth-order valence-electron chi connectivity index (χ4n) is 2.17. The molecule has 0 heterocycles. The molecule has 0 aromatic heterocycles. The smallest absolute Gasteiger partial charge is 0.236 e. The van der Waals surface area contributed by atoms with Crippen molar-refractivity contribution >= 4 is 18.3 Å². The van der Waals surface area contributed by atoms with Gasteiger partial charge in [0.1, 0.15) is 0 Å². The third kappa shape index (κ3) is 6.06. The van der Waals surface area contributed by atoms with Gasteiger partial charge in [-0.2, -0.15) is 0 Å². The van der Waals surface area contributed by atoms with Gasteiger partial charge in [-0.15, -0.1) is 12.4 Å². The molecule has 1 amide bonds. The average Bonchev–Trinajstić information content (AvgIpc) is 2.45. The molecular formula is C17H29ClN2O. The summed E-state index contributed by atoms with van der Waals surface area (Å²) in [6, 6.07) is 8.22. The molecule has 1 aromatic rings. The molecule has 4 heteroatoms. The zero-order chi connectivity index (χ0) is 15.2. The van der Waals surface area contributed by atoms with Crippen molar-refractivity contribution in [3.63, 3.8) is 0 Å². The summed E-state index contributed by atoms with van der Waals surface area (Å²) in [7, 11) is 0. The zero-order valence-corrected chi connectivity index (χ0v) is 14.4. The molecule has 1 aromatic carbocycles. The Hall–Kier alpha value is -1.06. The van der Waals surface area contributed by atoms with Crippen LogP contribution >= 0.6 is 12.4 Å². The van der Waals surface area contributed by atoms with Gasteiger partial charge >= 0.3 is 0 Å². The molecule has 0 aliphatic heterocycles. The molecule has 3 N–H and O–H groups in total. The first-order chi connectivity index (χ1) is 9.40. The van der Waals surface area contributed by atoms with Crippen molar-refractivity contribution in [2.45, 2.75) is 58.4 Å². The van der Waals surface area contributed by atoms with E-state index in [9.17, 15) is 4.79 Å². The summed E-state index contributed by atoms with van der Waals surface area (Å²) in [5.74, 6) is -0.0508. The van der Waals surface area contributed by atoms with Crippen LogP contribution in [0.3, 0.4) is 0 Å². The lowest BCUT2D eigenvalue weighted by atomic mass is 9.84. The predicted molar refractivity (Wildman–Crippen MR) is 92.0 cm³/mol. The van der Waals surface area contributed by atoms with E-state index in [1.165, 1.54) is 11.1 Å². The third-order valence-corrected chi connectivity index (χ3v) is 3.78. The first kappa shape index (κ1) is 19.9. The molecule has 1 atom stereocenters. The van der Waals surface area contributed by atoms with Crippen LogP contribution in [0.2, 0.25) is 0 Å². The standard InChI is InChI=1S/C17H28N2O.ClH/c1-5-7-15(18)16(20)19-12-17(3,4)14-10-8-13(6-2)9-11-14;/h8-11,15H,5-7,12,18H2,1-4H3,(H,19,20);1H. The van der Waals surface area contributed by atoms with Crippen molar-refractivity contribution in [3.05, 3.63) is 35.4 Å². The zero-order valence-electron chi connectivity index (χ0n) is 13.6. The number of hydrogen-bond donors (Lipinski definition) is 2. The van der Waals surface area contributed by atoms with Crippen LogP contribution in [0.15, 0.2) is 24.3 Å². The SMILES string of the molecule is CCCC(N)C(=O)NCC(C)(C)c1ccc(CC)cc1.Cl. The summed E-state index contributed by atoms with van der Waals surface area (Å²) in [5.41, 5.74) is 8.30. The molecule has 0 aliphatic rings. The molecule has 0 spiro atoms. The predicted octanol–water partition coefficient (Wildman–Crippen LogP) is 3.19. The summed E-state index contributed by atoms with van der Waals surface area (Å²) in [6.07, 6.45) is 2.71. The number of carbonyl (C=O) groups excluding carboxylic acids is 1. The average molecular weight is 313 g/mol. The number of amides is 1. The molecule has 0 aliphatic carbocycles. The lowest BCUT2D eigenvalue weighted by Gasteiger charge is -2.26. The normalized spacial score (nSPS) is 12.4. The van der Waals surface area contributed by atoms with E-state index < -0.39 is 6.04 Å². The maximum atomic E-state index is 11.9. The lowest BCUT2D eigenvalue weighted by molar-refractivity contribution is -0.122. The highest BCUT2D eigenvalue weighted by atomic mass is 35.5. The van der Waals surface area contributed by atoms with Gasteiger partial charge in [0.25, 0.3) is 0 Å². The second-order valence-corrected chi connectivity index (χ2v) is 6.05. The molecule has 21 heavy (non-hydrogen) atoms. The highest BCUT2D eigenvalue weighted by Gasteiger charge is 2.22. The number of halogens is 1. The minimum atomic E-state index is -0.390. The van der Waals surface area contributed by atoms with E-state index in [1.54, 1.807) is 0 Å². The van der Waals surface area contributed by atoms with Crippen LogP contribution in [0.5, 0.6) is 0 Å². The van der Waals surface area contributed by atoms with E-state index in [2.05, 4.69) is 50.4 Å². The topological polar surface area (TPSA) is 55.1 Å². The quantitative estimate of drug-likeness (QED) is 0.812. The molecule has 1 unspecified atom stereocenters. The molecule has 0 radical (unpaired) electrons. The second-order valence-electron chi connectivity index (χ2n) is 6.05. The van der Waals surface area contributed by atoms with Crippen molar-refractivity contribution < 1.29 is 4.79 Å². The van der Waals surface area contributed by atoms with E-state index in [1.807, 2.05) is 6.92 Å². The third-order valence-electron chi connectivity index (χ3n) is 3.78. The van der Waals surface area contributed by atoms with Gasteiger partial charge in [-0.1, -0.05) is 58.4 Å². The van der Waals surface area contributed by atoms with E-state index in [0.29, 0.717) is 6.54 Å². The number of rotatable bonds is 7. The Morgan fingerprint density at radius 2 is 1.81 bits per heavy atom. The number of carbonyl (C=O) groups is 1. The Kier molecular flexibility index (Phi) is 8.60. The molecule has 3 nitrogen and oxygen atoms in total. The highest BCUT2D eigenvalue weighted by molar-refractivity contribution is 5.85. The number of aryl methyl sites for hydroxylation is 1. The molecule has 0 saturated carbocycles. The Balaban J connectivity index is 0.00000400. The van der Waals surface area contributed by atoms with Crippen molar-refractivity contribution in [1.82, 2.24) is 5.32 Å². The van der Waals surface area contributed by atoms with Crippen LogP contribution < -0.4 is 11.1 Å². The first-order valence-electron chi connectivity index (χ1n) is 7.53. The maximum absolute atomic E-state index is 11.9. The molecule has 0 bridgehead atoms. The van der Waals surface area contributed by atoms with E-state index >= 15 is 0 Å². The summed E-state index contributed by atoms with van der Waals surface area (Å²) in [6.45, 7) is 9.07. The van der Waals surface area contributed by atoms with Crippen LogP contribution in [0, 0.1) is 0 Å². The van der Waals surface area contributed by atoms with E-state index in [0.717, 1.165) is 19.3 Å². The van der Waals surface area contributed by atoms with Crippen LogP contribution in [0.4, 0.5) is 0 Å². The Morgan fingerprint density at radius 1 is 1.24 bits per heavy atom. The molecular weight excluding hydrogens is 284 g/mol. The van der Waals surface area contributed by atoms with Gasteiger partial charge < -0.3 is 11.1 Å². The van der Waals surface area contributed by atoms with Crippen molar-refractivity contribution in [3.8, 4) is 0 Å². The maximum Gasteiger partial charge on any atom is 0.236 e.